The van der Waals surface area contributed by atoms with Crippen LogP contribution in [0.15, 0.2) is 30.3 Å². The predicted molar refractivity (Wildman–Crippen MR) is 90.0 cm³/mol. The molecular formula is C17H26N2O5. The normalized spacial score (nSPS) is 15.0. The molecule has 1 aromatic rings. The first-order chi connectivity index (χ1) is 11.7. The van der Waals surface area contributed by atoms with Crippen molar-refractivity contribution in [1.29, 1.82) is 0 Å². The van der Waals surface area contributed by atoms with Gasteiger partial charge in [-0.05, 0) is 31.4 Å². The topological polar surface area (TPSA) is 108 Å². The molecule has 1 aliphatic rings. The number of nitrogens with one attached hydrogen (secondary N) is 1. The Morgan fingerprint density at radius 1 is 1.21 bits per heavy atom. The first-order valence-corrected chi connectivity index (χ1v) is 7.98. The number of hydrogen-bond donors (Lipinski definition) is 2. The third-order valence-corrected chi connectivity index (χ3v) is 2.88. The summed E-state index contributed by atoms with van der Waals surface area (Å²) in [7, 11) is 0. The summed E-state index contributed by atoms with van der Waals surface area (Å²) in [5.41, 5.74) is 6.28. The maximum atomic E-state index is 10.8. The van der Waals surface area contributed by atoms with Gasteiger partial charge < -0.3 is 20.5 Å². The van der Waals surface area contributed by atoms with Crippen LogP contribution in [0.5, 0.6) is 0 Å². The molecule has 134 valence electrons. The highest BCUT2D eigenvalue weighted by Crippen LogP contribution is 2.07. The second-order valence-electron chi connectivity index (χ2n) is 4.58. The number of unbranched alkanes of at least 4 members (excludes halogenated alkanes) is 1. The van der Waals surface area contributed by atoms with E-state index in [2.05, 4.69) is 14.8 Å². The molecule has 1 fully saturated rings. The van der Waals surface area contributed by atoms with E-state index in [1.807, 2.05) is 44.2 Å². The zero-order valence-corrected chi connectivity index (χ0v) is 14.2. The summed E-state index contributed by atoms with van der Waals surface area (Å²) in [6, 6.07) is 9.09. The molecule has 0 saturated carbocycles. The number of ether oxygens (including phenoxy) is 2. The molecule has 0 aromatic heterocycles. The van der Waals surface area contributed by atoms with E-state index in [-0.39, 0.29) is 0 Å². The molecule has 0 aliphatic carbocycles. The van der Waals surface area contributed by atoms with Crippen LogP contribution in [0.4, 0.5) is 4.79 Å². The molecule has 2 rings (SSSR count). The Labute approximate surface area is 142 Å². The molecule has 1 heterocycles. The zero-order chi connectivity index (χ0) is 18.2. The van der Waals surface area contributed by atoms with Crippen LogP contribution in [0.25, 0.3) is 0 Å². The smallest absolute Gasteiger partial charge is 0.415 e. The molecule has 0 unspecified atom stereocenters. The Morgan fingerprint density at radius 2 is 1.88 bits per heavy atom. The van der Waals surface area contributed by atoms with Crippen LogP contribution in [0.1, 0.15) is 38.7 Å². The number of alkyl carbamates (subject to hydrolysis) is 1. The van der Waals surface area contributed by atoms with E-state index in [0.29, 0.717) is 26.0 Å². The van der Waals surface area contributed by atoms with Gasteiger partial charge in [0.15, 0.2) is 0 Å². The number of rotatable bonds is 7. The molecule has 1 atom stereocenters. The van der Waals surface area contributed by atoms with Crippen molar-refractivity contribution in [1.82, 2.24) is 5.32 Å². The summed E-state index contributed by atoms with van der Waals surface area (Å²) in [6.07, 6.45) is 1.66. The van der Waals surface area contributed by atoms with E-state index in [0.717, 1.165) is 18.4 Å². The summed E-state index contributed by atoms with van der Waals surface area (Å²) < 4.78 is 8.82. The minimum Gasteiger partial charge on any atom is -0.463 e. The molecule has 24 heavy (non-hydrogen) atoms. The Balaban J connectivity index is 0.000000405. The molecule has 0 radical (unpaired) electrons. The number of nitrogens with two attached hydrogens (primary N) is 1. The number of carbonyl (C=O) groups excluding carboxylic acids is 3. The fraction of sp³-hybridized carbons (Fsp3) is 0.471. The maximum Gasteiger partial charge on any atom is 0.415 e. The van der Waals surface area contributed by atoms with Crippen LogP contribution in [-0.2, 0) is 25.7 Å². The van der Waals surface area contributed by atoms with Crippen molar-refractivity contribution in [2.75, 3.05) is 6.54 Å². The Kier molecular flexibility index (Phi) is 12.8. The number of benzene rings is 1. The van der Waals surface area contributed by atoms with E-state index < -0.39 is 18.1 Å². The van der Waals surface area contributed by atoms with Crippen LogP contribution >= 0.6 is 0 Å². The summed E-state index contributed by atoms with van der Waals surface area (Å²) in [6.45, 7) is 5.42. The fourth-order valence-corrected chi connectivity index (χ4v) is 1.78. The minimum atomic E-state index is -0.641. The van der Waals surface area contributed by atoms with Gasteiger partial charge in [-0.3, -0.25) is 4.79 Å². The quantitative estimate of drug-likeness (QED) is 0.341. The lowest BCUT2D eigenvalue weighted by Crippen LogP contribution is -2.28. The van der Waals surface area contributed by atoms with E-state index in [1.54, 1.807) is 0 Å². The number of amides is 1. The van der Waals surface area contributed by atoms with Crippen LogP contribution in [0, 0.1) is 0 Å². The van der Waals surface area contributed by atoms with Gasteiger partial charge in [0.2, 0.25) is 0 Å². The summed E-state index contributed by atoms with van der Waals surface area (Å²) in [5, 5.41) is 2.41. The highest BCUT2D eigenvalue weighted by molar-refractivity contribution is 5.95. The molecular weight excluding hydrogens is 312 g/mol. The Bertz CT molecular complexity index is 479. The van der Waals surface area contributed by atoms with Crippen LogP contribution in [-0.4, -0.2) is 31.1 Å². The standard InChI is InChI=1S/C8H8O2.C7H12N2O3.C2H6/c9-7-10-6-8-4-2-1-3-5-8;8-4-2-1-3-5-6(10)12-7(11)9-5;1-2/h1-5,7H,6H2;5H,1-4,8H2,(H,9,11);1-2H3/t;5-;/m.0./s1. The second kappa shape index (κ2) is 14.2. The van der Waals surface area contributed by atoms with Crippen LogP contribution in [0.2, 0.25) is 0 Å². The zero-order valence-electron chi connectivity index (χ0n) is 14.2. The van der Waals surface area contributed by atoms with Crippen LogP contribution < -0.4 is 11.1 Å². The van der Waals surface area contributed by atoms with Gasteiger partial charge in [-0.15, -0.1) is 0 Å². The number of hydrogen-bond acceptors (Lipinski definition) is 6. The predicted octanol–water partition coefficient (Wildman–Crippen LogP) is 2.14. The summed E-state index contributed by atoms with van der Waals surface area (Å²) in [4.78, 5) is 31.1. The second-order valence-corrected chi connectivity index (χ2v) is 4.58. The SMILES string of the molecule is CC.NCCCC[C@@H]1NC(=O)OC1=O.O=COCc1ccccc1. The van der Waals surface area contributed by atoms with Gasteiger partial charge in [-0.2, -0.15) is 0 Å². The van der Waals surface area contributed by atoms with Crippen molar-refractivity contribution in [3.63, 3.8) is 0 Å². The largest absolute Gasteiger partial charge is 0.463 e. The first-order valence-electron chi connectivity index (χ1n) is 7.98. The average molecular weight is 338 g/mol. The van der Waals surface area contributed by atoms with E-state index in [1.165, 1.54) is 0 Å². The Hall–Kier alpha value is -2.41. The van der Waals surface area contributed by atoms with Crippen molar-refractivity contribution in [2.45, 2.75) is 45.8 Å². The lowest BCUT2D eigenvalue weighted by molar-refractivity contribution is -0.135. The number of cyclic esters (lactones) is 2. The van der Waals surface area contributed by atoms with Crippen molar-refractivity contribution in [2.24, 2.45) is 5.73 Å². The maximum absolute atomic E-state index is 10.8. The van der Waals surface area contributed by atoms with Crippen molar-refractivity contribution >= 4 is 18.5 Å². The van der Waals surface area contributed by atoms with E-state index >= 15 is 0 Å². The van der Waals surface area contributed by atoms with Gasteiger partial charge in [0.05, 0.1) is 0 Å². The minimum absolute atomic E-state index is 0.365. The number of esters is 1. The lowest BCUT2D eigenvalue weighted by Gasteiger charge is -2.02. The van der Waals surface area contributed by atoms with Gasteiger partial charge in [0.25, 0.3) is 6.47 Å². The van der Waals surface area contributed by atoms with Crippen molar-refractivity contribution in [3.05, 3.63) is 35.9 Å². The molecule has 0 spiro atoms. The molecule has 0 bridgehead atoms. The number of carbonyl (C=O) groups is 3. The molecule has 7 heteroatoms. The van der Waals surface area contributed by atoms with Crippen LogP contribution in [0.3, 0.4) is 0 Å². The fourth-order valence-electron chi connectivity index (χ4n) is 1.78. The molecule has 1 saturated heterocycles. The lowest BCUT2D eigenvalue weighted by atomic mass is 10.1. The third kappa shape index (κ3) is 9.58. The van der Waals surface area contributed by atoms with Crippen molar-refractivity contribution < 1.29 is 23.9 Å². The molecule has 7 nitrogen and oxygen atoms in total. The van der Waals surface area contributed by atoms with Gasteiger partial charge >= 0.3 is 12.1 Å². The summed E-state index contributed by atoms with van der Waals surface area (Å²) in [5.74, 6) is -0.475. The molecule has 1 amide bonds. The Morgan fingerprint density at radius 3 is 2.38 bits per heavy atom. The average Bonchev–Trinajstić information content (AvgIpc) is 2.94. The van der Waals surface area contributed by atoms with Gasteiger partial charge in [-0.25, -0.2) is 9.59 Å². The summed E-state index contributed by atoms with van der Waals surface area (Å²) >= 11 is 0. The third-order valence-electron chi connectivity index (χ3n) is 2.88. The van der Waals surface area contributed by atoms with E-state index in [4.69, 9.17) is 5.73 Å². The molecule has 1 aromatic carbocycles. The van der Waals surface area contributed by atoms with E-state index in [9.17, 15) is 14.4 Å². The van der Waals surface area contributed by atoms with Gasteiger partial charge in [0, 0.05) is 0 Å². The molecule has 1 aliphatic heterocycles. The van der Waals surface area contributed by atoms with Gasteiger partial charge in [-0.1, -0.05) is 44.2 Å². The molecule has 3 N–H and O–H groups in total. The van der Waals surface area contributed by atoms with Crippen molar-refractivity contribution in [3.8, 4) is 0 Å². The van der Waals surface area contributed by atoms with Gasteiger partial charge in [0.1, 0.15) is 12.6 Å². The monoisotopic (exact) mass is 338 g/mol. The first kappa shape index (κ1) is 21.6. The highest BCUT2D eigenvalue weighted by Gasteiger charge is 2.31. The highest BCUT2D eigenvalue weighted by atomic mass is 16.6.